The molecule has 2 aromatic heterocycles. The van der Waals surface area contributed by atoms with Gasteiger partial charge in [0, 0.05) is 35.5 Å². The quantitative estimate of drug-likeness (QED) is 0.304. The molecular weight excluding hydrogens is 461 g/mol. The number of H-pyrrole nitrogens is 1. The fourth-order valence-corrected chi connectivity index (χ4v) is 4.78. The summed E-state index contributed by atoms with van der Waals surface area (Å²) in [5.41, 5.74) is 3.69. The second kappa shape index (κ2) is 9.05. The SMILES string of the molecule is O=C(O)c1ccc(Oc2nc(C3CCOCC3)c(-c3ccc(F)cc3)c3cc4cn[nH]c4cc23)cc1. The standard InChI is InChI=1S/C28H22FN3O4/c29-20-5-1-16(2-6-20)25-22-13-19-15-30-32-24(19)14-23(22)27(31-26(25)17-9-11-35-12-10-17)36-21-7-3-18(4-8-21)28(33)34/h1-8,13-15,17H,9-12H2,(H,30,32)(H,33,34). The van der Waals surface area contributed by atoms with Gasteiger partial charge in [-0.1, -0.05) is 12.1 Å². The number of carboxylic acids is 1. The predicted molar refractivity (Wildman–Crippen MR) is 133 cm³/mol. The first-order chi connectivity index (χ1) is 17.6. The molecule has 0 bridgehead atoms. The monoisotopic (exact) mass is 483 g/mol. The number of hydrogen-bond donors (Lipinski definition) is 2. The van der Waals surface area contributed by atoms with E-state index in [0.717, 1.165) is 51.3 Å². The van der Waals surface area contributed by atoms with Crippen molar-refractivity contribution in [3.05, 3.63) is 83.9 Å². The summed E-state index contributed by atoms with van der Waals surface area (Å²) in [6, 6.07) is 16.7. The minimum absolute atomic E-state index is 0.139. The largest absolute Gasteiger partial charge is 0.478 e. The maximum absolute atomic E-state index is 13.8. The third kappa shape index (κ3) is 4.05. The third-order valence-electron chi connectivity index (χ3n) is 6.61. The molecule has 0 spiro atoms. The number of aromatic carboxylic acids is 1. The lowest BCUT2D eigenvalue weighted by molar-refractivity contribution is 0.0697. The van der Waals surface area contributed by atoms with Crippen LogP contribution in [0.3, 0.4) is 0 Å². The van der Waals surface area contributed by atoms with Crippen LogP contribution < -0.4 is 4.74 Å². The van der Waals surface area contributed by atoms with Crippen molar-refractivity contribution in [1.82, 2.24) is 15.2 Å². The maximum Gasteiger partial charge on any atom is 0.335 e. The zero-order chi connectivity index (χ0) is 24.6. The van der Waals surface area contributed by atoms with Crippen LogP contribution in [0.2, 0.25) is 0 Å². The Morgan fingerprint density at radius 2 is 1.78 bits per heavy atom. The van der Waals surface area contributed by atoms with E-state index in [1.165, 1.54) is 24.3 Å². The molecule has 1 saturated heterocycles. The molecule has 2 N–H and O–H groups in total. The third-order valence-corrected chi connectivity index (χ3v) is 6.61. The molecule has 0 amide bonds. The van der Waals surface area contributed by atoms with Crippen LogP contribution in [0.15, 0.2) is 66.9 Å². The average molecular weight is 483 g/mol. The summed E-state index contributed by atoms with van der Waals surface area (Å²) >= 11 is 0. The van der Waals surface area contributed by atoms with Crippen molar-refractivity contribution in [2.24, 2.45) is 0 Å². The van der Waals surface area contributed by atoms with E-state index in [-0.39, 0.29) is 17.3 Å². The van der Waals surface area contributed by atoms with Gasteiger partial charge in [-0.15, -0.1) is 0 Å². The molecule has 0 radical (unpaired) electrons. The van der Waals surface area contributed by atoms with E-state index in [4.69, 9.17) is 14.5 Å². The number of aromatic amines is 1. The van der Waals surface area contributed by atoms with Crippen LogP contribution in [-0.2, 0) is 4.74 Å². The maximum atomic E-state index is 13.8. The Morgan fingerprint density at radius 3 is 2.50 bits per heavy atom. The van der Waals surface area contributed by atoms with E-state index in [2.05, 4.69) is 16.3 Å². The first-order valence-electron chi connectivity index (χ1n) is 11.7. The van der Waals surface area contributed by atoms with E-state index in [9.17, 15) is 14.3 Å². The van der Waals surface area contributed by atoms with E-state index in [1.807, 2.05) is 6.07 Å². The highest BCUT2D eigenvalue weighted by atomic mass is 19.1. The van der Waals surface area contributed by atoms with Crippen LogP contribution in [-0.4, -0.2) is 39.5 Å². The van der Waals surface area contributed by atoms with Crippen LogP contribution in [0.5, 0.6) is 11.6 Å². The van der Waals surface area contributed by atoms with Gasteiger partial charge in [-0.3, -0.25) is 5.10 Å². The Hall–Kier alpha value is -4.30. The second-order valence-electron chi connectivity index (χ2n) is 8.86. The molecule has 36 heavy (non-hydrogen) atoms. The Morgan fingerprint density at radius 1 is 1.03 bits per heavy atom. The summed E-state index contributed by atoms with van der Waals surface area (Å²) in [5, 5.41) is 19.0. The van der Waals surface area contributed by atoms with Gasteiger partial charge in [-0.05, 0) is 72.3 Å². The summed E-state index contributed by atoms with van der Waals surface area (Å²) in [4.78, 5) is 16.3. The first kappa shape index (κ1) is 22.2. The van der Waals surface area contributed by atoms with Gasteiger partial charge in [0.2, 0.25) is 5.88 Å². The molecule has 6 rings (SSSR count). The number of carbonyl (C=O) groups is 1. The van der Waals surface area contributed by atoms with Gasteiger partial charge in [0.05, 0.1) is 23.0 Å². The number of carboxylic acid groups (broad SMARTS) is 1. The van der Waals surface area contributed by atoms with E-state index >= 15 is 0 Å². The molecule has 180 valence electrons. The summed E-state index contributed by atoms with van der Waals surface area (Å²) in [7, 11) is 0. The van der Waals surface area contributed by atoms with Crippen LogP contribution >= 0.6 is 0 Å². The van der Waals surface area contributed by atoms with Gasteiger partial charge < -0.3 is 14.6 Å². The molecule has 5 aromatic rings. The van der Waals surface area contributed by atoms with Gasteiger partial charge in [0.25, 0.3) is 0 Å². The molecule has 1 fully saturated rings. The van der Waals surface area contributed by atoms with Gasteiger partial charge >= 0.3 is 5.97 Å². The summed E-state index contributed by atoms with van der Waals surface area (Å²) in [6.45, 7) is 1.28. The van der Waals surface area contributed by atoms with E-state index in [1.54, 1.807) is 30.5 Å². The van der Waals surface area contributed by atoms with Crippen LogP contribution in [0.1, 0.15) is 34.8 Å². The minimum atomic E-state index is -1.00. The smallest absolute Gasteiger partial charge is 0.335 e. The van der Waals surface area contributed by atoms with Crippen molar-refractivity contribution in [3.63, 3.8) is 0 Å². The highest BCUT2D eigenvalue weighted by molar-refractivity contribution is 6.06. The summed E-state index contributed by atoms with van der Waals surface area (Å²) in [6.07, 6.45) is 3.39. The molecule has 0 unspecified atom stereocenters. The lowest BCUT2D eigenvalue weighted by Crippen LogP contribution is -2.16. The van der Waals surface area contributed by atoms with Crippen LogP contribution in [0.25, 0.3) is 32.8 Å². The number of aromatic nitrogens is 3. The van der Waals surface area contributed by atoms with Crippen molar-refractivity contribution in [1.29, 1.82) is 0 Å². The molecule has 3 aromatic carbocycles. The molecule has 0 saturated carbocycles. The molecule has 3 heterocycles. The number of fused-ring (bicyclic) bond motifs is 2. The number of nitrogens with one attached hydrogen (secondary N) is 1. The zero-order valence-corrected chi connectivity index (χ0v) is 19.2. The fourth-order valence-electron chi connectivity index (χ4n) is 4.78. The molecule has 7 nitrogen and oxygen atoms in total. The topological polar surface area (TPSA) is 97.3 Å². The highest BCUT2D eigenvalue weighted by Gasteiger charge is 2.26. The van der Waals surface area contributed by atoms with Gasteiger partial charge in [-0.2, -0.15) is 5.10 Å². The van der Waals surface area contributed by atoms with E-state index in [0.29, 0.717) is 24.8 Å². The average Bonchev–Trinajstić information content (AvgIpc) is 3.36. The zero-order valence-electron chi connectivity index (χ0n) is 19.2. The van der Waals surface area contributed by atoms with Crippen molar-refractivity contribution in [3.8, 4) is 22.8 Å². The predicted octanol–water partition coefficient (Wildman–Crippen LogP) is 6.30. The van der Waals surface area contributed by atoms with Crippen LogP contribution in [0.4, 0.5) is 4.39 Å². The second-order valence-corrected chi connectivity index (χ2v) is 8.86. The number of benzene rings is 3. The molecule has 1 aliphatic rings. The summed E-state index contributed by atoms with van der Waals surface area (Å²) < 4.78 is 25.7. The van der Waals surface area contributed by atoms with Gasteiger partial charge in [0.1, 0.15) is 11.6 Å². The van der Waals surface area contributed by atoms with Gasteiger partial charge in [-0.25, -0.2) is 14.2 Å². The number of rotatable bonds is 5. The highest BCUT2D eigenvalue weighted by Crippen LogP contribution is 2.43. The Labute approximate surface area is 205 Å². The molecular formula is C28H22FN3O4. The van der Waals surface area contributed by atoms with Crippen LogP contribution in [0, 0.1) is 5.82 Å². The fraction of sp³-hybridized carbons (Fsp3) is 0.179. The van der Waals surface area contributed by atoms with Crippen molar-refractivity contribution >= 4 is 27.6 Å². The van der Waals surface area contributed by atoms with Gasteiger partial charge in [0.15, 0.2) is 0 Å². The van der Waals surface area contributed by atoms with E-state index < -0.39 is 5.97 Å². The number of ether oxygens (including phenoxy) is 2. The number of halogens is 1. The van der Waals surface area contributed by atoms with Crippen molar-refractivity contribution in [2.75, 3.05) is 13.2 Å². The number of pyridine rings is 1. The molecule has 8 heteroatoms. The normalized spacial score (nSPS) is 14.4. The lowest BCUT2D eigenvalue weighted by atomic mass is 9.87. The van der Waals surface area contributed by atoms with Crippen molar-refractivity contribution in [2.45, 2.75) is 18.8 Å². The van der Waals surface area contributed by atoms with Crippen molar-refractivity contribution < 1.29 is 23.8 Å². The number of nitrogens with zero attached hydrogens (tertiary/aromatic N) is 2. The lowest BCUT2D eigenvalue weighted by Gasteiger charge is -2.26. The first-order valence-corrected chi connectivity index (χ1v) is 11.7. The Bertz CT molecular complexity index is 1570. The minimum Gasteiger partial charge on any atom is -0.478 e. The Kier molecular flexibility index (Phi) is 5.58. The molecule has 0 atom stereocenters. The summed E-state index contributed by atoms with van der Waals surface area (Å²) in [5.74, 6) is -0.272. The molecule has 0 aliphatic carbocycles. The molecule has 1 aliphatic heterocycles. The Balaban J connectivity index is 1.60. The number of hydrogen-bond acceptors (Lipinski definition) is 5.